The van der Waals surface area contributed by atoms with Gasteiger partial charge in [-0.05, 0) is 30.7 Å². The highest BCUT2D eigenvalue weighted by molar-refractivity contribution is 7.15. The van der Waals surface area contributed by atoms with Gasteiger partial charge in [0.1, 0.15) is 16.5 Å². The lowest BCUT2D eigenvalue weighted by molar-refractivity contribution is 0.102. The number of anilines is 1. The van der Waals surface area contributed by atoms with Gasteiger partial charge in [0, 0.05) is 11.8 Å². The molecule has 2 aromatic heterocycles. The molecule has 0 spiro atoms. The summed E-state index contributed by atoms with van der Waals surface area (Å²) in [5.41, 5.74) is 2.65. The van der Waals surface area contributed by atoms with Crippen molar-refractivity contribution < 1.29 is 9.53 Å². The molecule has 29 heavy (non-hydrogen) atoms. The Kier molecular flexibility index (Phi) is 5.35. The number of aryl methyl sites for hydroxylation is 1. The van der Waals surface area contributed by atoms with Gasteiger partial charge >= 0.3 is 0 Å². The normalized spacial score (nSPS) is 10.7. The molecule has 4 rings (SSSR count). The van der Waals surface area contributed by atoms with Gasteiger partial charge in [0.25, 0.3) is 5.91 Å². The van der Waals surface area contributed by atoms with Crippen LogP contribution in [0, 0.1) is 0 Å². The molecule has 8 heteroatoms. The van der Waals surface area contributed by atoms with Gasteiger partial charge in [0.05, 0.1) is 18.4 Å². The molecule has 0 aliphatic carbocycles. The predicted molar refractivity (Wildman–Crippen MR) is 113 cm³/mol. The molecule has 0 aliphatic heterocycles. The molecule has 1 amide bonds. The number of nitrogens with zero attached hydrogens (tertiary/aromatic N) is 4. The average molecular weight is 405 g/mol. The minimum atomic E-state index is -0.288. The Morgan fingerprint density at radius 3 is 2.69 bits per heavy atom. The fourth-order valence-corrected chi connectivity index (χ4v) is 3.52. The number of ether oxygens (including phenoxy) is 1. The third kappa shape index (κ3) is 4.02. The summed E-state index contributed by atoms with van der Waals surface area (Å²) in [6.07, 6.45) is 2.50. The Morgan fingerprint density at radius 2 is 1.97 bits per heavy atom. The lowest BCUT2D eigenvalue weighted by Gasteiger charge is -2.04. The van der Waals surface area contributed by atoms with E-state index in [9.17, 15) is 4.79 Å². The molecule has 0 unspecified atom stereocenters. The fraction of sp³-hybridized carbons (Fsp3) is 0.143. The Hall–Kier alpha value is -3.52. The summed E-state index contributed by atoms with van der Waals surface area (Å²) in [5.74, 6) is 0.406. The maximum absolute atomic E-state index is 13.0. The van der Waals surface area contributed by atoms with Crippen LogP contribution in [0.1, 0.15) is 22.3 Å². The Bertz CT molecular complexity index is 1140. The molecule has 1 N–H and O–H groups in total. The smallest absolute Gasteiger partial charge is 0.261 e. The van der Waals surface area contributed by atoms with E-state index in [1.54, 1.807) is 18.0 Å². The summed E-state index contributed by atoms with van der Waals surface area (Å²) in [5, 5.41) is 16.9. The number of para-hydroxylation sites is 1. The molecule has 146 valence electrons. The lowest BCUT2D eigenvalue weighted by atomic mass is 10.1. The molecule has 7 nitrogen and oxygen atoms in total. The predicted octanol–water partition coefficient (Wildman–Crippen LogP) is 4.21. The highest BCUT2D eigenvalue weighted by atomic mass is 32.1. The number of aromatic nitrogens is 4. The second kappa shape index (κ2) is 8.24. The van der Waals surface area contributed by atoms with Crippen LogP contribution in [-0.4, -0.2) is 33.0 Å². The third-order valence-corrected chi connectivity index (χ3v) is 5.30. The number of benzene rings is 2. The molecule has 2 heterocycles. The van der Waals surface area contributed by atoms with Gasteiger partial charge < -0.3 is 4.74 Å². The van der Waals surface area contributed by atoms with Crippen LogP contribution in [0.2, 0.25) is 0 Å². The van der Waals surface area contributed by atoms with E-state index >= 15 is 0 Å². The van der Waals surface area contributed by atoms with Gasteiger partial charge in [-0.25, -0.2) is 4.68 Å². The van der Waals surface area contributed by atoms with E-state index in [-0.39, 0.29) is 5.91 Å². The molecular formula is C21H19N5O2S. The van der Waals surface area contributed by atoms with Crippen molar-refractivity contribution in [3.05, 3.63) is 71.4 Å². The fourth-order valence-electron chi connectivity index (χ4n) is 2.85. The molecule has 0 saturated heterocycles. The number of hydrogen-bond acceptors (Lipinski definition) is 6. The van der Waals surface area contributed by atoms with Gasteiger partial charge in [0.15, 0.2) is 0 Å². The van der Waals surface area contributed by atoms with E-state index in [0.29, 0.717) is 22.1 Å². The summed E-state index contributed by atoms with van der Waals surface area (Å²) in [7, 11) is 1.61. The largest absolute Gasteiger partial charge is 0.497 e. The summed E-state index contributed by atoms with van der Waals surface area (Å²) < 4.78 is 7.02. The molecular weight excluding hydrogens is 386 g/mol. The summed E-state index contributed by atoms with van der Waals surface area (Å²) >= 11 is 1.37. The molecule has 0 fully saturated rings. The van der Waals surface area contributed by atoms with Gasteiger partial charge in [-0.1, -0.05) is 48.6 Å². The SMILES string of the molecule is CCc1nnc(NC(=O)c2cn(-c3ccccc3)nc2-c2cccc(OC)c2)s1. The van der Waals surface area contributed by atoms with Crippen molar-refractivity contribution in [2.75, 3.05) is 12.4 Å². The van der Waals surface area contributed by atoms with Gasteiger partial charge in [-0.3, -0.25) is 10.1 Å². The van der Waals surface area contributed by atoms with Crippen LogP contribution >= 0.6 is 11.3 Å². The maximum Gasteiger partial charge on any atom is 0.261 e. The van der Waals surface area contributed by atoms with Crippen LogP contribution in [0.5, 0.6) is 5.75 Å². The van der Waals surface area contributed by atoms with Crippen molar-refractivity contribution in [1.29, 1.82) is 0 Å². The standard InChI is InChI=1S/C21H19N5O2S/c1-3-18-23-24-21(29-18)22-20(27)17-13-26(15-9-5-4-6-10-15)25-19(17)14-8-7-11-16(12-14)28-2/h4-13H,3H2,1-2H3,(H,22,24,27). The summed E-state index contributed by atoms with van der Waals surface area (Å²) in [6.45, 7) is 2.00. The van der Waals surface area contributed by atoms with Crippen molar-refractivity contribution in [2.45, 2.75) is 13.3 Å². The van der Waals surface area contributed by atoms with Gasteiger partial charge in [0.2, 0.25) is 5.13 Å². The first-order valence-electron chi connectivity index (χ1n) is 9.11. The number of amides is 1. The maximum atomic E-state index is 13.0. The van der Waals surface area contributed by atoms with E-state index in [1.165, 1.54) is 11.3 Å². The minimum Gasteiger partial charge on any atom is -0.497 e. The second-order valence-electron chi connectivity index (χ2n) is 6.21. The van der Waals surface area contributed by atoms with E-state index in [2.05, 4.69) is 20.6 Å². The van der Waals surface area contributed by atoms with Crippen molar-refractivity contribution in [3.8, 4) is 22.7 Å². The highest BCUT2D eigenvalue weighted by Crippen LogP contribution is 2.28. The summed E-state index contributed by atoms with van der Waals surface area (Å²) in [4.78, 5) is 13.0. The van der Waals surface area contributed by atoms with E-state index in [4.69, 9.17) is 4.74 Å². The Labute approximate surface area is 172 Å². The lowest BCUT2D eigenvalue weighted by Crippen LogP contribution is -2.12. The van der Waals surface area contributed by atoms with Crippen LogP contribution < -0.4 is 10.1 Å². The monoisotopic (exact) mass is 405 g/mol. The van der Waals surface area contributed by atoms with Crippen molar-refractivity contribution >= 4 is 22.4 Å². The van der Waals surface area contributed by atoms with E-state index in [0.717, 1.165) is 22.7 Å². The molecule has 0 radical (unpaired) electrons. The second-order valence-corrected chi connectivity index (χ2v) is 7.27. The number of carbonyl (C=O) groups is 1. The first-order valence-corrected chi connectivity index (χ1v) is 9.93. The van der Waals surface area contributed by atoms with Crippen LogP contribution in [-0.2, 0) is 6.42 Å². The van der Waals surface area contributed by atoms with Crippen LogP contribution in [0.15, 0.2) is 60.8 Å². The Balaban J connectivity index is 1.75. The average Bonchev–Trinajstić information content (AvgIpc) is 3.41. The van der Waals surface area contributed by atoms with Crippen molar-refractivity contribution in [2.24, 2.45) is 0 Å². The molecule has 0 aliphatic rings. The van der Waals surface area contributed by atoms with Crippen LogP contribution in [0.25, 0.3) is 16.9 Å². The first-order chi connectivity index (χ1) is 14.2. The first kappa shape index (κ1) is 18.8. The van der Waals surface area contributed by atoms with Crippen LogP contribution in [0.4, 0.5) is 5.13 Å². The molecule has 0 atom stereocenters. The zero-order valence-electron chi connectivity index (χ0n) is 16.0. The van der Waals surface area contributed by atoms with E-state index in [1.807, 2.05) is 61.5 Å². The number of methoxy groups -OCH3 is 1. The van der Waals surface area contributed by atoms with Gasteiger partial charge in [-0.2, -0.15) is 5.10 Å². The van der Waals surface area contributed by atoms with Gasteiger partial charge in [-0.15, -0.1) is 10.2 Å². The molecule has 0 saturated carbocycles. The van der Waals surface area contributed by atoms with Crippen molar-refractivity contribution in [1.82, 2.24) is 20.0 Å². The van der Waals surface area contributed by atoms with E-state index < -0.39 is 0 Å². The number of nitrogens with one attached hydrogen (secondary N) is 1. The number of rotatable bonds is 6. The van der Waals surface area contributed by atoms with Crippen LogP contribution in [0.3, 0.4) is 0 Å². The number of carbonyl (C=O) groups excluding carboxylic acids is 1. The number of hydrogen-bond donors (Lipinski definition) is 1. The third-order valence-electron chi connectivity index (χ3n) is 4.31. The molecule has 0 bridgehead atoms. The summed E-state index contributed by atoms with van der Waals surface area (Å²) in [6, 6.07) is 17.1. The molecule has 4 aromatic rings. The topological polar surface area (TPSA) is 81.9 Å². The minimum absolute atomic E-state index is 0.288. The zero-order chi connectivity index (χ0) is 20.2. The molecule has 2 aromatic carbocycles. The van der Waals surface area contributed by atoms with Crippen molar-refractivity contribution in [3.63, 3.8) is 0 Å². The zero-order valence-corrected chi connectivity index (χ0v) is 16.8. The Morgan fingerprint density at radius 1 is 1.14 bits per heavy atom. The quantitative estimate of drug-likeness (QED) is 0.520. The highest BCUT2D eigenvalue weighted by Gasteiger charge is 2.20.